The summed E-state index contributed by atoms with van der Waals surface area (Å²) in [5.74, 6) is 0. The van der Waals surface area contributed by atoms with E-state index in [1.807, 2.05) is 13.8 Å². The van der Waals surface area contributed by atoms with E-state index in [0.717, 1.165) is 30.6 Å². The lowest BCUT2D eigenvalue weighted by Gasteiger charge is -2.14. The van der Waals surface area contributed by atoms with E-state index in [1.54, 1.807) is 0 Å². The first kappa shape index (κ1) is 17.6. The van der Waals surface area contributed by atoms with Crippen molar-refractivity contribution >= 4 is 15.9 Å². The van der Waals surface area contributed by atoms with Gasteiger partial charge < -0.3 is 14.8 Å². The Hall–Kier alpha value is -0.420. The maximum atomic E-state index is 5.78. The number of hydrogen-bond acceptors (Lipinski definition) is 3. The van der Waals surface area contributed by atoms with E-state index < -0.39 is 0 Å². The molecule has 0 fully saturated rings. The molecule has 114 valence electrons. The highest BCUT2D eigenvalue weighted by molar-refractivity contribution is 9.10. The normalized spacial score (nSPS) is 12.6. The van der Waals surface area contributed by atoms with Crippen LogP contribution in [-0.4, -0.2) is 25.9 Å². The molecule has 0 bridgehead atoms. The summed E-state index contributed by atoms with van der Waals surface area (Å²) in [7, 11) is 0. The molecule has 1 unspecified atom stereocenters. The molecule has 0 aliphatic carbocycles. The summed E-state index contributed by atoms with van der Waals surface area (Å²) in [4.78, 5) is 0. The van der Waals surface area contributed by atoms with Crippen LogP contribution in [-0.2, 0) is 22.6 Å². The Labute approximate surface area is 131 Å². The highest BCUT2D eigenvalue weighted by Crippen LogP contribution is 2.20. The molecular weight excluding hydrogens is 318 g/mol. The maximum absolute atomic E-state index is 5.78. The summed E-state index contributed by atoms with van der Waals surface area (Å²) in [5.41, 5.74) is 2.46. The molecular formula is C16H26BrNO2. The van der Waals surface area contributed by atoms with Crippen molar-refractivity contribution in [2.45, 2.75) is 46.4 Å². The van der Waals surface area contributed by atoms with Crippen molar-refractivity contribution in [1.82, 2.24) is 5.32 Å². The highest BCUT2D eigenvalue weighted by Gasteiger charge is 2.06. The summed E-state index contributed by atoms with van der Waals surface area (Å²) >= 11 is 3.62. The van der Waals surface area contributed by atoms with Crippen LogP contribution in [0.3, 0.4) is 0 Å². The minimum Gasteiger partial charge on any atom is -0.379 e. The largest absolute Gasteiger partial charge is 0.379 e. The van der Waals surface area contributed by atoms with Crippen molar-refractivity contribution in [3.63, 3.8) is 0 Å². The van der Waals surface area contributed by atoms with Gasteiger partial charge in [0.25, 0.3) is 0 Å². The fraction of sp³-hybridized carbons (Fsp3) is 0.625. The Kier molecular flexibility index (Phi) is 9.10. The SMILES string of the molecule is CCCNCc1ccc(COC(C)COCC)c(Br)c1. The third-order valence-electron chi connectivity index (χ3n) is 2.95. The van der Waals surface area contributed by atoms with Crippen LogP contribution in [0.5, 0.6) is 0 Å². The molecule has 0 aliphatic heterocycles. The van der Waals surface area contributed by atoms with Crippen LogP contribution in [0.25, 0.3) is 0 Å². The first-order chi connectivity index (χ1) is 9.67. The van der Waals surface area contributed by atoms with E-state index in [1.165, 1.54) is 11.1 Å². The van der Waals surface area contributed by atoms with Crippen LogP contribution in [0.1, 0.15) is 38.3 Å². The van der Waals surface area contributed by atoms with Crippen LogP contribution >= 0.6 is 15.9 Å². The van der Waals surface area contributed by atoms with Crippen molar-refractivity contribution < 1.29 is 9.47 Å². The van der Waals surface area contributed by atoms with E-state index in [2.05, 4.69) is 46.4 Å². The molecule has 0 amide bonds. The van der Waals surface area contributed by atoms with Crippen LogP contribution in [0.15, 0.2) is 22.7 Å². The third-order valence-corrected chi connectivity index (χ3v) is 3.69. The van der Waals surface area contributed by atoms with Crippen molar-refractivity contribution in [1.29, 1.82) is 0 Å². The van der Waals surface area contributed by atoms with E-state index in [4.69, 9.17) is 9.47 Å². The zero-order valence-corrected chi connectivity index (χ0v) is 14.3. The van der Waals surface area contributed by atoms with Gasteiger partial charge in [-0.2, -0.15) is 0 Å². The van der Waals surface area contributed by atoms with Crippen molar-refractivity contribution in [2.75, 3.05) is 19.8 Å². The van der Waals surface area contributed by atoms with Crippen molar-refractivity contribution in [3.8, 4) is 0 Å². The molecule has 4 heteroatoms. The van der Waals surface area contributed by atoms with E-state index in [9.17, 15) is 0 Å². The zero-order chi connectivity index (χ0) is 14.8. The second-order valence-electron chi connectivity index (χ2n) is 4.88. The first-order valence-electron chi connectivity index (χ1n) is 7.34. The topological polar surface area (TPSA) is 30.5 Å². The number of halogens is 1. The second kappa shape index (κ2) is 10.3. The Balaban J connectivity index is 2.43. The second-order valence-corrected chi connectivity index (χ2v) is 5.74. The van der Waals surface area contributed by atoms with Crippen LogP contribution < -0.4 is 5.32 Å². The molecule has 1 rings (SSSR count). The van der Waals surface area contributed by atoms with Gasteiger partial charge in [-0.1, -0.05) is 35.0 Å². The molecule has 20 heavy (non-hydrogen) atoms. The quantitative estimate of drug-likeness (QED) is 0.653. The van der Waals surface area contributed by atoms with Gasteiger partial charge in [0.1, 0.15) is 0 Å². The first-order valence-corrected chi connectivity index (χ1v) is 8.14. The molecule has 1 aromatic rings. The average molecular weight is 344 g/mol. The van der Waals surface area contributed by atoms with Crippen molar-refractivity contribution in [2.24, 2.45) is 0 Å². The molecule has 0 saturated heterocycles. The molecule has 3 nitrogen and oxygen atoms in total. The van der Waals surface area contributed by atoms with E-state index >= 15 is 0 Å². The van der Waals surface area contributed by atoms with Gasteiger partial charge in [0, 0.05) is 17.6 Å². The third kappa shape index (κ3) is 6.84. The van der Waals surface area contributed by atoms with Gasteiger partial charge in [0.2, 0.25) is 0 Å². The van der Waals surface area contributed by atoms with Gasteiger partial charge in [-0.25, -0.2) is 0 Å². The summed E-state index contributed by atoms with van der Waals surface area (Å²) in [6.45, 7) is 10.2. The Morgan fingerprint density at radius 1 is 1.30 bits per heavy atom. The summed E-state index contributed by atoms with van der Waals surface area (Å²) in [5, 5.41) is 3.40. The Morgan fingerprint density at radius 3 is 2.75 bits per heavy atom. The highest BCUT2D eigenvalue weighted by atomic mass is 79.9. The number of ether oxygens (including phenoxy) is 2. The smallest absolute Gasteiger partial charge is 0.0785 e. The van der Waals surface area contributed by atoms with E-state index in [0.29, 0.717) is 13.2 Å². The molecule has 1 aromatic carbocycles. The monoisotopic (exact) mass is 343 g/mol. The van der Waals surface area contributed by atoms with Gasteiger partial charge in [-0.05, 0) is 44.0 Å². The van der Waals surface area contributed by atoms with Gasteiger partial charge >= 0.3 is 0 Å². The van der Waals surface area contributed by atoms with Gasteiger partial charge in [0.15, 0.2) is 0 Å². The minimum absolute atomic E-state index is 0.118. The molecule has 0 saturated carbocycles. The Bertz CT molecular complexity index is 385. The maximum Gasteiger partial charge on any atom is 0.0785 e. The molecule has 1 N–H and O–H groups in total. The number of benzene rings is 1. The fourth-order valence-electron chi connectivity index (χ4n) is 1.79. The molecule has 0 radical (unpaired) electrons. The number of hydrogen-bond donors (Lipinski definition) is 1. The zero-order valence-electron chi connectivity index (χ0n) is 12.7. The summed E-state index contributed by atoms with van der Waals surface area (Å²) in [6.07, 6.45) is 1.28. The van der Waals surface area contributed by atoms with Crippen LogP contribution in [0.4, 0.5) is 0 Å². The standard InChI is InChI=1S/C16H26BrNO2/c1-4-8-18-10-14-6-7-15(16(17)9-14)12-20-13(3)11-19-5-2/h6-7,9,13,18H,4-5,8,10-12H2,1-3H3. The van der Waals surface area contributed by atoms with E-state index in [-0.39, 0.29) is 6.10 Å². The van der Waals surface area contributed by atoms with Crippen LogP contribution in [0.2, 0.25) is 0 Å². The van der Waals surface area contributed by atoms with Crippen LogP contribution in [0, 0.1) is 0 Å². The van der Waals surface area contributed by atoms with Gasteiger partial charge in [0.05, 0.1) is 19.3 Å². The lowest BCUT2D eigenvalue weighted by Crippen LogP contribution is -2.16. The lowest BCUT2D eigenvalue weighted by atomic mass is 10.1. The molecule has 0 aromatic heterocycles. The number of nitrogens with one attached hydrogen (secondary N) is 1. The molecule has 1 atom stereocenters. The predicted octanol–water partition coefficient (Wildman–Crippen LogP) is 3.89. The fourth-order valence-corrected chi connectivity index (χ4v) is 2.33. The molecule has 0 aliphatic rings. The predicted molar refractivity (Wildman–Crippen MR) is 86.9 cm³/mol. The minimum atomic E-state index is 0.118. The van der Waals surface area contributed by atoms with Gasteiger partial charge in [-0.15, -0.1) is 0 Å². The van der Waals surface area contributed by atoms with Crippen molar-refractivity contribution in [3.05, 3.63) is 33.8 Å². The Morgan fingerprint density at radius 2 is 2.10 bits per heavy atom. The van der Waals surface area contributed by atoms with Gasteiger partial charge in [-0.3, -0.25) is 0 Å². The average Bonchev–Trinajstić information content (AvgIpc) is 2.44. The lowest BCUT2D eigenvalue weighted by molar-refractivity contribution is -0.0118. The molecule has 0 heterocycles. The molecule has 0 spiro atoms. The summed E-state index contributed by atoms with van der Waals surface area (Å²) < 4.78 is 12.2. The summed E-state index contributed by atoms with van der Waals surface area (Å²) in [6, 6.07) is 6.44. The number of rotatable bonds is 10.